The smallest absolute Gasteiger partial charge is 0.246 e. The average molecular weight is 215 g/mol. The molecule has 90 valence electrons. The van der Waals surface area contributed by atoms with E-state index in [-0.39, 0.29) is 12.5 Å². The Kier molecular flexibility index (Phi) is 8.38. The van der Waals surface area contributed by atoms with Crippen LogP contribution in [-0.4, -0.2) is 25.7 Å². The van der Waals surface area contributed by atoms with Gasteiger partial charge in [-0.25, -0.2) is 0 Å². The quantitative estimate of drug-likeness (QED) is 0.785. The number of rotatable bonds is 3. The molecule has 0 aromatic heterocycles. The number of carbonyl (C=O) groups is 1. The van der Waals surface area contributed by atoms with Crippen LogP contribution in [0.5, 0.6) is 0 Å². The fourth-order valence-corrected chi connectivity index (χ4v) is 1.97. The van der Waals surface area contributed by atoms with Crippen LogP contribution in [-0.2, 0) is 9.53 Å². The third kappa shape index (κ3) is 6.50. The Hall–Kier alpha value is -0.570. The third-order valence-electron chi connectivity index (χ3n) is 2.58. The number of amides is 1. The molecule has 0 saturated heterocycles. The Balaban J connectivity index is 0.000000921. The standard InChI is InChI=1S/C10H19NO2.C2H6/c1-8-4-3-5-9(6-8)11-10(12)7-13-2;1-2/h8-9H,3-7H2,1-2H3,(H,11,12);1-2H3. The lowest BCUT2D eigenvalue weighted by molar-refractivity contribution is -0.125. The van der Waals surface area contributed by atoms with Gasteiger partial charge >= 0.3 is 0 Å². The highest BCUT2D eigenvalue weighted by Gasteiger charge is 2.19. The van der Waals surface area contributed by atoms with E-state index in [1.807, 2.05) is 13.8 Å². The molecule has 3 heteroatoms. The molecule has 1 amide bonds. The summed E-state index contributed by atoms with van der Waals surface area (Å²) in [7, 11) is 1.54. The average Bonchev–Trinajstić information content (AvgIpc) is 2.21. The SMILES string of the molecule is CC.COCC(=O)NC1CCCC(C)C1. The summed E-state index contributed by atoms with van der Waals surface area (Å²) in [6.45, 7) is 6.43. The third-order valence-corrected chi connectivity index (χ3v) is 2.58. The van der Waals surface area contributed by atoms with Crippen LogP contribution in [0.2, 0.25) is 0 Å². The van der Waals surface area contributed by atoms with Gasteiger partial charge in [0.15, 0.2) is 0 Å². The van der Waals surface area contributed by atoms with Gasteiger partial charge in [0.1, 0.15) is 6.61 Å². The molecular weight excluding hydrogens is 190 g/mol. The van der Waals surface area contributed by atoms with Crippen molar-refractivity contribution in [2.24, 2.45) is 5.92 Å². The Labute approximate surface area is 93.6 Å². The molecule has 0 bridgehead atoms. The van der Waals surface area contributed by atoms with Crippen molar-refractivity contribution in [3.63, 3.8) is 0 Å². The summed E-state index contributed by atoms with van der Waals surface area (Å²) in [4.78, 5) is 11.2. The van der Waals surface area contributed by atoms with Gasteiger partial charge in [-0.3, -0.25) is 4.79 Å². The van der Waals surface area contributed by atoms with Crippen molar-refractivity contribution in [2.75, 3.05) is 13.7 Å². The lowest BCUT2D eigenvalue weighted by Crippen LogP contribution is -2.39. The monoisotopic (exact) mass is 215 g/mol. The first-order valence-electron chi connectivity index (χ1n) is 6.00. The van der Waals surface area contributed by atoms with E-state index in [0.717, 1.165) is 18.8 Å². The summed E-state index contributed by atoms with van der Waals surface area (Å²) >= 11 is 0. The molecule has 0 spiro atoms. The summed E-state index contributed by atoms with van der Waals surface area (Å²) in [6, 6.07) is 0.381. The number of nitrogens with one attached hydrogen (secondary N) is 1. The highest BCUT2D eigenvalue weighted by atomic mass is 16.5. The number of carbonyl (C=O) groups excluding carboxylic acids is 1. The number of hydrogen-bond acceptors (Lipinski definition) is 2. The molecule has 0 aromatic rings. The van der Waals surface area contributed by atoms with E-state index in [4.69, 9.17) is 4.74 Å². The molecule has 1 fully saturated rings. The summed E-state index contributed by atoms with van der Waals surface area (Å²) in [5.74, 6) is 0.767. The normalized spacial score (nSPS) is 25.1. The highest BCUT2D eigenvalue weighted by molar-refractivity contribution is 5.77. The van der Waals surface area contributed by atoms with Crippen molar-refractivity contribution in [2.45, 2.75) is 52.5 Å². The molecule has 15 heavy (non-hydrogen) atoms. The Morgan fingerprint density at radius 3 is 2.60 bits per heavy atom. The second kappa shape index (κ2) is 8.72. The molecule has 2 unspecified atom stereocenters. The topological polar surface area (TPSA) is 38.3 Å². The predicted octanol–water partition coefficient (Wildman–Crippen LogP) is 2.35. The summed E-state index contributed by atoms with van der Waals surface area (Å²) in [5.41, 5.74) is 0. The lowest BCUT2D eigenvalue weighted by Gasteiger charge is -2.27. The molecule has 1 N–H and O–H groups in total. The highest BCUT2D eigenvalue weighted by Crippen LogP contribution is 2.23. The maximum atomic E-state index is 11.2. The lowest BCUT2D eigenvalue weighted by atomic mass is 9.87. The zero-order chi connectivity index (χ0) is 11.7. The van der Waals surface area contributed by atoms with E-state index < -0.39 is 0 Å². The number of hydrogen-bond donors (Lipinski definition) is 1. The summed E-state index contributed by atoms with van der Waals surface area (Å²) in [6.07, 6.45) is 4.78. The van der Waals surface area contributed by atoms with Gasteiger partial charge < -0.3 is 10.1 Å². The van der Waals surface area contributed by atoms with Gasteiger partial charge in [0.2, 0.25) is 5.91 Å². The van der Waals surface area contributed by atoms with E-state index in [1.165, 1.54) is 12.8 Å². The van der Waals surface area contributed by atoms with Crippen molar-refractivity contribution >= 4 is 5.91 Å². The van der Waals surface area contributed by atoms with Gasteiger partial charge in [0.25, 0.3) is 0 Å². The van der Waals surface area contributed by atoms with E-state index >= 15 is 0 Å². The molecule has 1 aliphatic carbocycles. The molecule has 0 radical (unpaired) electrons. The van der Waals surface area contributed by atoms with Crippen LogP contribution in [0.15, 0.2) is 0 Å². The number of ether oxygens (including phenoxy) is 1. The fourth-order valence-electron chi connectivity index (χ4n) is 1.97. The van der Waals surface area contributed by atoms with Crippen LogP contribution in [0.25, 0.3) is 0 Å². The zero-order valence-electron chi connectivity index (χ0n) is 10.5. The second-order valence-corrected chi connectivity index (χ2v) is 3.97. The Morgan fingerprint density at radius 1 is 1.40 bits per heavy atom. The van der Waals surface area contributed by atoms with Gasteiger partial charge in [-0.05, 0) is 18.8 Å². The molecule has 2 atom stereocenters. The molecule has 1 aliphatic rings. The van der Waals surface area contributed by atoms with Gasteiger partial charge in [-0.15, -0.1) is 0 Å². The first kappa shape index (κ1) is 14.4. The minimum atomic E-state index is 0.0154. The van der Waals surface area contributed by atoms with Crippen molar-refractivity contribution in [1.82, 2.24) is 5.32 Å². The van der Waals surface area contributed by atoms with E-state index in [1.54, 1.807) is 7.11 Å². The first-order valence-corrected chi connectivity index (χ1v) is 6.00. The van der Waals surface area contributed by atoms with Crippen molar-refractivity contribution in [1.29, 1.82) is 0 Å². The Morgan fingerprint density at radius 2 is 2.07 bits per heavy atom. The van der Waals surface area contributed by atoms with Crippen LogP contribution in [0.3, 0.4) is 0 Å². The fraction of sp³-hybridized carbons (Fsp3) is 0.917. The predicted molar refractivity (Wildman–Crippen MR) is 62.8 cm³/mol. The van der Waals surface area contributed by atoms with Crippen molar-refractivity contribution < 1.29 is 9.53 Å². The molecule has 3 nitrogen and oxygen atoms in total. The first-order chi connectivity index (χ1) is 7.22. The largest absolute Gasteiger partial charge is 0.375 e. The van der Waals surface area contributed by atoms with Crippen LogP contribution >= 0.6 is 0 Å². The van der Waals surface area contributed by atoms with Crippen LogP contribution in [0, 0.1) is 5.92 Å². The maximum Gasteiger partial charge on any atom is 0.246 e. The van der Waals surface area contributed by atoms with E-state index in [2.05, 4.69) is 12.2 Å². The molecular formula is C12H25NO2. The van der Waals surface area contributed by atoms with Crippen LogP contribution < -0.4 is 5.32 Å². The molecule has 0 heterocycles. The summed E-state index contributed by atoms with van der Waals surface area (Å²) < 4.78 is 4.76. The molecule has 0 aliphatic heterocycles. The molecule has 1 rings (SSSR count). The Bertz CT molecular complexity index is 171. The number of methoxy groups -OCH3 is 1. The molecule has 1 saturated carbocycles. The van der Waals surface area contributed by atoms with E-state index in [9.17, 15) is 4.79 Å². The van der Waals surface area contributed by atoms with Gasteiger partial charge in [0.05, 0.1) is 0 Å². The van der Waals surface area contributed by atoms with Gasteiger partial charge in [-0.1, -0.05) is 33.6 Å². The van der Waals surface area contributed by atoms with Crippen molar-refractivity contribution in [3.8, 4) is 0 Å². The maximum absolute atomic E-state index is 11.2. The van der Waals surface area contributed by atoms with Crippen LogP contribution in [0.4, 0.5) is 0 Å². The van der Waals surface area contributed by atoms with Crippen molar-refractivity contribution in [3.05, 3.63) is 0 Å². The van der Waals surface area contributed by atoms with Gasteiger partial charge in [-0.2, -0.15) is 0 Å². The zero-order valence-corrected chi connectivity index (χ0v) is 10.5. The minimum absolute atomic E-state index is 0.0154. The van der Waals surface area contributed by atoms with E-state index in [0.29, 0.717) is 6.04 Å². The minimum Gasteiger partial charge on any atom is -0.375 e. The summed E-state index contributed by atoms with van der Waals surface area (Å²) in [5, 5.41) is 2.99. The van der Waals surface area contributed by atoms with Crippen LogP contribution in [0.1, 0.15) is 46.5 Å². The molecule has 0 aromatic carbocycles. The van der Waals surface area contributed by atoms with Gasteiger partial charge in [0, 0.05) is 13.2 Å². The second-order valence-electron chi connectivity index (χ2n) is 3.97.